The Bertz CT molecular complexity index is 552. The van der Waals surface area contributed by atoms with Gasteiger partial charge in [0, 0.05) is 5.41 Å². The predicted molar refractivity (Wildman–Crippen MR) is 70.4 cm³/mol. The maximum Gasteiger partial charge on any atom is 0.187 e. The van der Waals surface area contributed by atoms with Gasteiger partial charge in [-0.3, -0.25) is 4.79 Å². The molecular formula is C15H20O6. The van der Waals surface area contributed by atoms with E-state index < -0.39 is 47.5 Å². The van der Waals surface area contributed by atoms with Gasteiger partial charge in [-0.05, 0) is 25.0 Å². The number of ether oxygens (including phenoxy) is 2. The van der Waals surface area contributed by atoms with Crippen molar-refractivity contribution in [3.63, 3.8) is 0 Å². The summed E-state index contributed by atoms with van der Waals surface area (Å²) >= 11 is 0. The highest BCUT2D eigenvalue weighted by Crippen LogP contribution is 2.70. The van der Waals surface area contributed by atoms with Crippen LogP contribution in [0, 0.1) is 10.8 Å². The lowest BCUT2D eigenvalue weighted by atomic mass is 9.50. The molecule has 3 N–H and O–H groups in total. The summed E-state index contributed by atoms with van der Waals surface area (Å²) in [5.41, 5.74) is -2.16. The maximum atomic E-state index is 12.3. The van der Waals surface area contributed by atoms with Crippen LogP contribution in [-0.4, -0.2) is 64.3 Å². The van der Waals surface area contributed by atoms with Crippen LogP contribution in [0.5, 0.6) is 0 Å². The fourth-order valence-electron chi connectivity index (χ4n) is 5.02. The molecule has 7 atom stereocenters. The van der Waals surface area contributed by atoms with Crippen LogP contribution in [0.1, 0.15) is 20.3 Å². The molecule has 21 heavy (non-hydrogen) atoms. The minimum absolute atomic E-state index is 0.339. The van der Waals surface area contributed by atoms with Crippen LogP contribution >= 0.6 is 0 Å². The number of ketones is 1. The number of carbonyl (C=O) groups excluding carboxylic acids is 1. The molecule has 6 nitrogen and oxygen atoms in total. The number of Topliss-reactive ketones (excluding diaryl/α,β-unsaturated/α-hetero) is 1. The number of carbonyl (C=O) groups is 1. The average molecular weight is 296 g/mol. The highest BCUT2D eigenvalue weighted by Gasteiger charge is 2.83. The first-order valence-electron chi connectivity index (χ1n) is 7.33. The van der Waals surface area contributed by atoms with Gasteiger partial charge in [0.1, 0.15) is 17.8 Å². The summed E-state index contributed by atoms with van der Waals surface area (Å²) in [6, 6.07) is 0. The number of hydrogen-bond acceptors (Lipinski definition) is 6. The van der Waals surface area contributed by atoms with E-state index in [1.165, 1.54) is 0 Å². The van der Waals surface area contributed by atoms with Crippen molar-refractivity contribution in [2.24, 2.45) is 10.8 Å². The Morgan fingerprint density at radius 3 is 2.67 bits per heavy atom. The number of aliphatic hydroxyl groups excluding tert-OH is 3. The van der Waals surface area contributed by atoms with Gasteiger partial charge < -0.3 is 24.8 Å². The summed E-state index contributed by atoms with van der Waals surface area (Å²) in [6.07, 6.45) is -1.14. The van der Waals surface area contributed by atoms with E-state index in [0.717, 1.165) is 0 Å². The zero-order valence-electron chi connectivity index (χ0n) is 12.1. The molecule has 0 amide bonds. The molecule has 1 saturated carbocycles. The van der Waals surface area contributed by atoms with Crippen molar-refractivity contribution in [1.82, 2.24) is 0 Å². The molecule has 1 spiro atoms. The molecule has 4 aliphatic rings. The summed E-state index contributed by atoms with van der Waals surface area (Å²) in [4.78, 5) is 12.3. The van der Waals surface area contributed by atoms with Crippen LogP contribution in [0.2, 0.25) is 0 Å². The predicted octanol–water partition coefficient (Wildman–Crippen LogP) is -0.838. The summed E-state index contributed by atoms with van der Waals surface area (Å²) < 4.78 is 11.6. The van der Waals surface area contributed by atoms with Gasteiger partial charge >= 0.3 is 0 Å². The topological polar surface area (TPSA) is 99.5 Å². The lowest BCUT2D eigenvalue weighted by molar-refractivity contribution is -0.244. The lowest BCUT2D eigenvalue weighted by Crippen LogP contribution is -2.70. The smallest absolute Gasteiger partial charge is 0.187 e. The van der Waals surface area contributed by atoms with Crippen molar-refractivity contribution in [2.45, 2.75) is 50.3 Å². The molecule has 3 fully saturated rings. The molecule has 116 valence electrons. The molecule has 0 radical (unpaired) electrons. The minimum Gasteiger partial charge on any atom is -0.396 e. The highest BCUT2D eigenvalue weighted by atomic mass is 16.6. The number of epoxide rings is 1. The van der Waals surface area contributed by atoms with E-state index in [4.69, 9.17) is 9.47 Å². The largest absolute Gasteiger partial charge is 0.396 e. The van der Waals surface area contributed by atoms with Crippen molar-refractivity contribution >= 4 is 5.78 Å². The molecule has 2 aliphatic heterocycles. The lowest BCUT2D eigenvalue weighted by Gasteiger charge is -2.58. The Morgan fingerprint density at radius 1 is 1.43 bits per heavy atom. The second kappa shape index (κ2) is 3.75. The van der Waals surface area contributed by atoms with E-state index in [2.05, 4.69) is 0 Å². The zero-order valence-corrected chi connectivity index (χ0v) is 12.1. The van der Waals surface area contributed by atoms with E-state index in [0.29, 0.717) is 18.6 Å². The van der Waals surface area contributed by atoms with E-state index in [1.54, 1.807) is 13.0 Å². The third-order valence-corrected chi connectivity index (χ3v) is 6.43. The SMILES string of the molecule is CC1=C[C@H]2O[C@H]3[C@@H](O)C[C@@](C)([C@@]2(CO)[C@H](O)C1=O)[C@]31CO1. The molecule has 0 aromatic carbocycles. The summed E-state index contributed by atoms with van der Waals surface area (Å²) in [7, 11) is 0. The maximum absolute atomic E-state index is 12.3. The number of hydrogen-bond donors (Lipinski definition) is 3. The van der Waals surface area contributed by atoms with Crippen LogP contribution < -0.4 is 0 Å². The number of aliphatic hydroxyl groups is 3. The average Bonchev–Trinajstić information content (AvgIpc) is 3.20. The minimum atomic E-state index is -1.35. The molecule has 2 aliphatic carbocycles. The normalized spacial score (nSPS) is 58.1. The standard InChI is InChI=1S/C15H20O6/c1-7-3-9-14(5-16,11(19)10(7)18)13(2)4-8(17)12(21-9)15(13)6-20-15/h3,8-9,11-12,16-17,19H,4-6H2,1-2H3/t8-,9+,11+,12-,13-,14+,15-/m0/s1. The van der Waals surface area contributed by atoms with E-state index in [9.17, 15) is 20.1 Å². The van der Waals surface area contributed by atoms with Crippen molar-refractivity contribution < 1.29 is 29.6 Å². The van der Waals surface area contributed by atoms with Crippen LogP contribution in [0.25, 0.3) is 0 Å². The fourth-order valence-corrected chi connectivity index (χ4v) is 5.02. The van der Waals surface area contributed by atoms with Crippen LogP contribution in [0.15, 0.2) is 11.6 Å². The van der Waals surface area contributed by atoms with Gasteiger partial charge in [0.25, 0.3) is 0 Å². The highest BCUT2D eigenvalue weighted by molar-refractivity contribution is 6.00. The Morgan fingerprint density at radius 2 is 2.10 bits per heavy atom. The molecular weight excluding hydrogens is 276 g/mol. The van der Waals surface area contributed by atoms with Gasteiger partial charge in [0.15, 0.2) is 5.78 Å². The van der Waals surface area contributed by atoms with Gasteiger partial charge in [-0.15, -0.1) is 0 Å². The molecule has 0 unspecified atom stereocenters. The Balaban J connectivity index is 1.95. The van der Waals surface area contributed by atoms with Gasteiger partial charge in [-0.25, -0.2) is 0 Å². The second-order valence-electron chi connectivity index (χ2n) is 7.07. The summed E-state index contributed by atoms with van der Waals surface area (Å²) in [5, 5.41) is 31.1. The van der Waals surface area contributed by atoms with Crippen LogP contribution in [0.4, 0.5) is 0 Å². The van der Waals surface area contributed by atoms with E-state index >= 15 is 0 Å². The third kappa shape index (κ3) is 1.22. The van der Waals surface area contributed by atoms with E-state index in [1.807, 2.05) is 6.92 Å². The molecule has 6 heteroatoms. The first-order chi connectivity index (χ1) is 9.84. The van der Waals surface area contributed by atoms with Crippen LogP contribution in [-0.2, 0) is 14.3 Å². The first kappa shape index (κ1) is 13.8. The number of fused-ring (bicyclic) bond motifs is 2. The fraction of sp³-hybridized carbons (Fsp3) is 0.800. The molecule has 0 aromatic rings. The van der Waals surface area contributed by atoms with Crippen molar-refractivity contribution in [3.8, 4) is 0 Å². The second-order valence-corrected chi connectivity index (χ2v) is 7.07. The molecule has 0 aromatic heterocycles. The summed E-state index contributed by atoms with van der Waals surface area (Å²) in [5.74, 6) is -0.388. The van der Waals surface area contributed by atoms with Crippen molar-refractivity contribution in [1.29, 1.82) is 0 Å². The van der Waals surface area contributed by atoms with Crippen molar-refractivity contribution in [2.75, 3.05) is 13.2 Å². The Hall–Kier alpha value is -0.790. The quantitative estimate of drug-likeness (QED) is 0.546. The molecule has 2 saturated heterocycles. The van der Waals surface area contributed by atoms with Gasteiger partial charge in [0.05, 0.1) is 30.8 Å². The number of rotatable bonds is 1. The molecule has 2 bridgehead atoms. The summed E-state index contributed by atoms with van der Waals surface area (Å²) in [6.45, 7) is 3.55. The first-order valence-corrected chi connectivity index (χ1v) is 7.33. The van der Waals surface area contributed by atoms with Crippen LogP contribution in [0.3, 0.4) is 0 Å². The monoisotopic (exact) mass is 296 g/mol. The Kier molecular flexibility index (Phi) is 2.47. The Labute approximate surface area is 122 Å². The third-order valence-electron chi connectivity index (χ3n) is 6.43. The molecule has 4 rings (SSSR count). The van der Waals surface area contributed by atoms with Gasteiger partial charge in [-0.2, -0.15) is 0 Å². The zero-order chi connectivity index (χ0) is 15.2. The van der Waals surface area contributed by atoms with Gasteiger partial charge in [-0.1, -0.05) is 6.92 Å². The van der Waals surface area contributed by atoms with E-state index in [-0.39, 0.29) is 5.78 Å². The van der Waals surface area contributed by atoms with Gasteiger partial charge in [0.2, 0.25) is 0 Å². The molecule has 2 heterocycles. The van der Waals surface area contributed by atoms with Crippen molar-refractivity contribution in [3.05, 3.63) is 11.6 Å².